The summed E-state index contributed by atoms with van der Waals surface area (Å²) in [5, 5.41) is 4.36. The molecule has 2 heterocycles. The Morgan fingerprint density at radius 1 is 1.20 bits per heavy atom. The minimum Gasteiger partial charge on any atom is -0.365 e. The van der Waals surface area contributed by atoms with Gasteiger partial charge in [0.25, 0.3) is 0 Å². The highest BCUT2D eigenvalue weighted by Crippen LogP contribution is 2.37. The molecule has 0 saturated carbocycles. The highest BCUT2D eigenvalue weighted by molar-refractivity contribution is 6.43. The first-order valence-corrected chi connectivity index (χ1v) is 7.92. The van der Waals surface area contributed by atoms with E-state index in [0.29, 0.717) is 22.5 Å². The number of anilines is 1. The Bertz CT molecular complexity index is 521. The van der Waals surface area contributed by atoms with Gasteiger partial charge in [0, 0.05) is 25.0 Å². The van der Waals surface area contributed by atoms with Gasteiger partial charge in [-0.1, -0.05) is 29.3 Å². The molecule has 0 bridgehead atoms. The fourth-order valence-electron chi connectivity index (χ4n) is 3.35. The van der Waals surface area contributed by atoms with Crippen molar-refractivity contribution in [3.05, 3.63) is 28.2 Å². The lowest BCUT2D eigenvalue weighted by Gasteiger charge is -2.42. The van der Waals surface area contributed by atoms with Gasteiger partial charge in [-0.05, 0) is 37.8 Å². The largest absolute Gasteiger partial charge is 0.365 e. The van der Waals surface area contributed by atoms with E-state index in [1.807, 2.05) is 18.2 Å². The smallest absolute Gasteiger partial charge is 0.220 e. The summed E-state index contributed by atoms with van der Waals surface area (Å²) < 4.78 is 0. The number of hydrogen-bond donors (Lipinski definition) is 1. The maximum absolute atomic E-state index is 11.7. The van der Waals surface area contributed by atoms with Crippen molar-refractivity contribution in [2.45, 2.75) is 44.2 Å². The first kappa shape index (κ1) is 14.0. The van der Waals surface area contributed by atoms with Crippen molar-refractivity contribution in [3.63, 3.8) is 0 Å². The molecule has 0 aromatic heterocycles. The minimum atomic E-state index is 0.177. The lowest BCUT2D eigenvalue weighted by molar-refractivity contribution is -0.121. The van der Waals surface area contributed by atoms with Gasteiger partial charge in [-0.15, -0.1) is 0 Å². The van der Waals surface area contributed by atoms with Crippen LogP contribution < -0.4 is 10.2 Å². The van der Waals surface area contributed by atoms with E-state index in [2.05, 4.69) is 10.2 Å². The first-order valence-electron chi connectivity index (χ1n) is 7.17. The van der Waals surface area contributed by atoms with E-state index in [0.717, 1.165) is 37.9 Å². The molecule has 20 heavy (non-hydrogen) atoms. The molecule has 2 fully saturated rings. The van der Waals surface area contributed by atoms with Crippen LogP contribution in [0.1, 0.15) is 32.1 Å². The van der Waals surface area contributed by atoms with Crippen molar-refractivity contribution in [1.29, 1.82) is 0 Å². The topological polar surface area (TPSA) is 32.3 Å². The first-order chi connectivity index (χ1) is 9.66. The predicted octanol–water partition coefficient (Wildman–Crippen LogP) is 3.63. The maximum Gasteiger partial charge on any atom is 0.220 e. The normalized spacial score (nSPS) is 26.7. The van der Waals surface area contributed by atoms with Crippen molar-refractivity contribution in [2.75, 3.05) is 11.4 Å². The molecule has 1 aromatic carbocycles. The number of benzene rings is 1. The number of hydrogen-bond acceptors (Lipinski definition) is 2. The number of nitrogens with one attached hydrogen (secondary N) is 1. The summed E-state index contributed by atoms with van der Waals surface area (Å²) in [5.74, 6) is 0.177. The molecule has 5 heteroatoms. The molecular formula is C15H18Cl2N2O. The third-order valence-electron chi connectivity index (χ3n) is 4.27. The Kier molecular flexibility index (Phi) is 4.08. The molecular weight excluding hydrogens is 295 g/mol. The van der Waals surface area contributed by atoms with Crippen LogP contribution in [-0.2, 0) is 4.79 Å². The number of carbonyl (C=O) groups excluding carboxylic acids is 1. The highest BCUT2D eigenvalue weighted by atomic mass is 35.5. The van der Waals surface area contributed by atoms with Gasteiger partial charge in [0.1, 0.15) is 0 Å². The summed E-state index contributed by atoms with van der Waals surface area (Å²) in [6, 6.07) is 6.31. The minimum absolute atomic E-state index is 0.177. The Balaban J connectivity index is 1.92. The molecule has 2 saturated heterocycles. The van der Waals surface area contributed by atoms with E-state index in [4.69, 9.17) is 23.2 Å². The van der Waals surface area contributed by atoms with Crippen LogP contribution in [0.5, 0.6) is 0 Å². The van der Waals surface area contributed by atoms with E-state index in [9.17, 15) is 4.79 Å². The Hall–Kier alpha value is -0.930. The fraction of sp³-hybridized carbons (Fsp3) is 0.533. The molecule has 0 radical (unpaired) electrons. The number of nitrogens with zero attached hydrogens (tertiary/aromatic N) is 1. The van der Waals surface area contributed by atoms with Crippen LogP contribution in [0.25, 0.3) is 0 Å². The van der Waals surface area contributed by atoms with Crippen molar-refractivity contribution < 1.29 is 4.79 Å². The lowest BCUT2D eigenvalue weighted by Crippen LogP contribution is -2.54. The van der Waals surface area contributed by atoms with E-state index in [1.165, 1.54) is 0 Å². The van der Waals surface area contributed by atoms with Gasteiger partial charge >= 0.3 is 0 Å². The molecule has 2 aliphatic heterocycles. The lowest BCUT2D eigenvalue weighted by atomic mass is 9.93. The molecule has 0 aliphatic carbocycles. The highest BCUT2D eigenvalue weighted by Gasteiger charge is 2.35. The Labute approximate surface area is 129 Å². The molecule has 1 N–H and O–H groups in total. The van der Waals surface area contributed by atoms with E-state index in [1.54, 1.807) is 0 Å². The fourth-order valence-corrected chi connectivity index (χ4v) is 3.75. The van der Waals surface area contributed by atoms with Gasteiger partial charge in [0.2, 0.25) is 5.91 Å². The second kappa shape index (κ2) is 5.82. The van der Waals surface area contributed by atoms with Crippen LogP contribution >= 0.6 is 23.2 Å². The van der Waals surface area contributed by atoms with Gasteiger partial charge in [-0.25, -0.2) is 0 Å². The predicted molar refractivity (Wildman–Crippen MR) is 82.6 cm³/mol. The number of rotatable bonds is 1. The van der Waals surface area contributed by atoms with Crippen LogP contribution in [0, 0.1) is 0 Å². The maximum atomic E-state index is 11.7. The standard InChI is InChI=1S/C15H18Cl2N2O/c16-10-4-1-7-13(15(10)17)19-9-3-5-11-12(19)6-2-8-14(20)18-11/h1,4,7,11-12H,2-3,5-6,8-9H2,(H,18,20). The monoisotopic (exact) mass is 312 g/mol. The molecule has 2 unspecified atom stereocenters. The van der Waals surface area contributed by atoms with Gasteiger partial charge in [-0.2, -0.15) is 0 Å². The SMILES string of the molecule is O=C1CCCC2C(CCCN2c2cccc(Cl)c2Cl)N1. The van der Waals surface area contributed by atoms with Crippen LogP contribution in [-0.4, -0.2) is 24.5 Å². The van der Waals surface area contributed by atoms with Crippen LogP contribution in [0.4, 0.5) is 5.69 Å². The average Bonchev–Trinajstić information content (AvgIpc) is 2.62. The van der Waals surface area contributed by atoms with Gasteiger partial charge in [0.15, 0.2) is 0 Å². The molecule has 1 amide bonds. The number of halogens is 2. The second-order valence-corrected chi connectivity index (χ2v) is 6.33. The van der Waals surface area contributed by atoms with Gasteiger partial charge in [0.05, 0.1) is 15.7 Å². The number of carbonyl (C=O) groups is 1. The number of amides is 1. The molecule has 3 nitrogen and oxygen atoms in total. The quantitative estimate of drug-likeness (QED) is 0.858. The molecule has 0 spiro atoms. The van der Waals surface area contributed by atoms with Crippen molar-refractivity contribution in [3.8, 4) is 0 Å². The molecule has 1 aromatic rings. The van der Waals surface area contributed by atoms with Crippen molar-refractivity contribution >= 4 is 34.8 Å². The zero-order chi connectivity index (χ0) is 14.1. The van der Waals surface area contributed by atoms with Crippen LogP contribution in [0.15, 0.2) is 18.2 Å². The summed E-state index contributed by atoms with van der Waals surface area (Å²) in [6.45, 7) is 0.969. The molecule has 2 atom stereocenters. The van der Waals surface area contributed by atoms with E-state index in [-0.39, 0.29) is 11.9 Å². The second-order valence-electron chi connectivity index (χ2n) is 5.54. The van der Waals surface area contributed by atoms with Gasteiger partial charge in [-0.3, -0.25) is 4.79 Å². The number of piperidine rings is 1. The molecule has 3 rings (SSSR count). The third-order valence-corrected chi connectivity index (χ3v) is 5.08. The molecule has 2 aliphatic rings. The van der Waals surface area contributed by atoms with E-state index >= 15 is 0 Å². The van der Waals surface area contributed by atoms with Gasteiger partial charge < -0.3 is 10.2 Å². The Morgan fingerprint density at radius 2 is 2.05 bits per heavy atom. The summed E-state index contributed by atoms with van der Waals surface area (Å²) in [7, 11) is 0. The summed E-state index contributed by atoms with van der Waals surface area (Å²) in [6.07, 6.45) is 4.69. The molecule has 108 valence electrons. The van der Waals surface area contributed by atoms with E-state index < -0.39 is 0 Å². The van der Waals surface area contributed by atoms with Crippen molar-refractivity contribution in [2.24, 2.45) is 0 Å². The zero-order valence-corrected chi connectivity index (χ0v) is 12.8. The average molecular weight is 313 g/mol. The summed E-state index contributed by atoms with van der Waals surface area (Å²) >= 11 is 12.5. The number of fused-ring (bicyclic) bond motifs is 1. The zero-order valence-electron chi connectivity index (χ0n) is 11.2. The van der Waals surface area contributed by atoms with Crippen molar-refractivity contribution in [1.82, 2.24) is 5.32 Å². The van der Waals surface area contributed by atoms with Crippen LogP contribution in [0.3, 0.4) is 0 Å². The van der Waals surface area contributed by atoms with Crippen LogP contribution in [0.2, 0.25) is 10.0 Å². The summed E-state index contributed by atoms with van der Waals surface area (Å²) in [4.78, 5) is 14.1. The Morgan fingerprint density at radius 3 is 2.90 bits per heavy atom. The third kappa shape index (κ3) is 2.61. The summed E-state index contributed by atoms with van der Waals surface area (Å²) in [5.41, 5.74) is 0.991.